The first kappa shape index (κ1) is 14.0. The minimum Gasteiger partial charge on any atom is -0.379 e. The highest BCUT2D eigenvalue weighted by Gasteiger charge is 2.06. The Bertz CT molecular complexity index is 552. The van der Waals surface area contributed by atoms with Crippen molar-refractivity contribution in [1.82, 2.24) is 9.97 Å². The van der Waals surface area contributed by atoms with Gasteiger partial charge in [-0.1, -0.05) is 13.8 Å². The maximum absolute atomic E-state index is 11.6. The second-order valence-electron chi connectivity index (χ2n) is 4.77. The molecule has 0 fully saturated rings. The minimum absolute atomic E-state index is 0.0188. The van der Waals surface area contributed by atoms with Gasteiger partial charge in [-0.25, -0.2) is 0 Å². The molecule has 2 aromatic rings. The summed E-state index contributed by atoms with van der Waals surface area (Å²) in [5.74, 6) is -0.00488. The monoisotopic (exact) mass is 270 g/mol. The van der Waals surface area contributed by atoms with E-state index in [9.17, 15) is 4.79 Å². The van der Waals surface area contributed by atoms with E-state index < -0.39 is 0 Å². The average Bonchev–Trinajstić information content (AvgIpc) is 2.47. The van der Waals surface area contributed by atoms with E-state index in [1.807, 2.05) is 38.1 Å². The molecule has 0 saturated carbocycles. The van der Waals surface area contributed by atoms with Gasteiger partial charge in [0, 0.05) is 29.7 Å². The lowest BCUT2D eigenvalue weighted by atomic mass is 10.2. The number of nitrogens with one attached hydrogen (secondary N) is 2. The van der Waals surface area contributed by atoms with Crippen LogP contribution in [0, 0.1) is 5.92 Å². The molecule has 1 aromatic heterocycles. The molecule has 0 aliphatic carbocycles. The first-order valence-electron chi connectivity index (χ1n) is 6.55. The quantitative estimate of drug-likeness (QED) is 0.876. The highest BCUT2D eigenvalue weighted by molar-refractivity contribution is 5.92. The Hall–Kier alpha value is -2.43. The van der Waals surface area contributed by atoms with Crippen molar-refractivity contribution in [3.05, 3.63) is 48.5 Å². The third-order valence-electron chi connectivity index (χ3n) is 2.77. The Morgan fingerprint density at radius 1 is 1.15 bits per heavy atom. The van der Waals surface area contributed by atoms with E-state index in [-0.39, 0.29) is 11.8 Å². The molecule has 5 nitrogen and oxygen atoms in total. The Kier molecular flexibility index (Phi) is 4.65. The molecule has 104 valence electrons. The number of benzene rings is 1. The minimum atomic E-state index is -0.0237. The summed E-state index contributed by atoms with van der Waals surface area (Å²) < 4.78 is 0. The second kappa shape index (κ2) is 6.65. The fourth-order valence-corrected chi connectivity index (χ4v) is 1.57. The summed E-state index contributed by atoms with van der Waals surface area (Å²) in [4.78, 5) is 19.8. The van der Waals surface area contributed by atoms with Crippen LogP contribution in [0.3, 0.4) is 0 Å². The summed E-state index contributed by atoms with van der Waals surface area (Å²) in [5, 5.41) is 6.10. The van der Waals surface area contributed by atoms with E-state index in [1.165, 1.54) is 0 Å². The van der Waals surface area contributed by atoms with Gasteiger partial charge in [-0.2, -0.15) is 0 Å². The predicted molar refractivity (Wildman–Crippen MR) is 79.3 cm³/mol. The van der Waals surface area contributed by atoms with Crippen LogP contribution in [-0.4, -0.2) is 15.9 Å². The Balaban J connectivity index is 1.90. The van der Waals surface area contributed by atoms with Crippen LogP contribution >= 0.6 is 0 Å². The van der Waals surface area contributed by atoms with Crippen molar-refractivity contribution >= 4 is 17.3 Å². The number of carbonyl (C=O) groups excluding carboxylic acids is 1. The molecule has 0 aliphatic rings. The number of hydrogen-bond donors (Lipinski definition) is 2. The molecule has 0 spiro atoms. The lowest BCUT2D eigenvalue weighted by Crippen LogP contribution is -2.17. The summed E-state index contributed by atoms with van der Waals surface area (Å²) in [6.45, 7) is 4.35. The van der Waals surface area contributed by atoms with Gasteiger partial charge in [-0.3, -0.25) is 14.8 Å². The summed E-state index contributed by atoms with van der Waals surface area (Å²) in [6.07, 6.45) is 5.04. The van der Waals surface area contributed by atoms with Crippen molar-refractivity contribution in [1.29, 1.82) is 0 Å². The summed E-state index contributed by atoms with van der Waals surface area (Å²) >= 11 is 0. The molecule has 0 atom stereocenters. The molecule has 2 rings (SSSR count). The maximum atomic E-state index is 11.6. The van der Waals surface area contributed by atoms with Gasteiger partial charge in [0.2, 0.25) is 5.91 Å². The Morgan fingerprint density at radius 2 is 1.85 bits per heavy atom. The largest absolute Gasteiger partial charge is 0.379 e. The number of hydrogen-bond acceptors (Lipinski definition) is 4. The van der Waals surface area contributed by atoms with Crippen LogP contribution in [0.5, 0.6) is 0 Å². The van der Waals surface area contributed by atoms with Gasteiger partial charge in [0.1, 0.15) is 0 Å². The van der Waals surface area contributed by atoms with Crippen molar-refractivity contribution in [2.75, 3.05) is 10.6 Å². The molecule has 1 aromatic carbocycles. The van der Waals surface area contributed by atoms with Crippen molar-refractivity contribution in [3.8, 4) is 0 Å². The number of carbonyl (C=O) groups is 1. The molecule has 0 saturated heterocycles. The van der Waals surface area contributed by atoms with E-state index in [0.29, 0.717) is 6.54 Å². The normalized spacial score (nSPS) is 10.3. The number of aromatic nitrogens is 2. The third-order valence-corrected chi connectivity index (χ3v) is 2.77. The lowest BCUT2D eigenvalue weighted by Gasteiger charge is -2.09. The topological polar surface area (TPSA) is 66.9 Å². The van der Waals surface area contributed by atoms with Gasteiger partial charge >= 0.3 is 0 Å². The zero-order valence-corrected chi connectivity index (χ0v) is 11.6. The van der Waals surface area contributed by atoms with Crippen molar-refractivity contribution in [3.63, 3.8) is 0 Å². The highest BCUT2D eigenvalue weighted by atomic mass is 16.1. The second-order valence-corrected chi connectivity index (χ2v) is 4.77. The van der Waals surface area contributed by atoms with Crippen LogP contribution in [0.4, 0.5) is 11.4 Å². The Labute approximate surface area is 118 Å². The number of anilines is 2. The molecule has 1 heterocycles. The van der Waals surface area contributed by atoms with Crippen LogP contribution < -0.4 is 10.6 Å². The smallest absolute Gasteiger partial charge is 0.226 e. The first-order valence-corrected chi connectivity index (χ1v) is 6.55. The van der Waals surface area contributed by atoms with E-state index in [0.717, 1.165) is 17.1 Å². The highest BCUT2D eigenvalue weighted by Crippen LogP contribution is 2.15. The first-order chi connectivity index (χ1) is 9.65. The van der Waals surface area contributed by atoms with Gasteiger partial charge in [-0.05, 0) is 24.3 Å². The molecule has 20 heavy (non-hydrogen) atoms. The van der Waals surface area contributed by atoms with Crippen LogP contribution in [0.15, 0.2) is 42.9 Å². The molecular weight excluding hydrogens is 252 g/mol. The Morgan fingerprint density at radius 3 is 2.45 bits per heavy atom. The van der Waals surface area contributed by atoms with Crippen molar-refractivity contribution in [2.24, 2.45) is 5.92 Å². The SMILES string of the molecule is CC(C)C(=O)Nc1ccc(NCc2cnccn2)cc1. The fraction of sp³-hybridized carbons (Fsp3) is 0.267. The van der Waals surface area contributed by atoms with Crippen molar-refractivity contribution in [2.45, 2.75) is 20.4 Å². The van der Waals surface area contributed by atoms with E-state index in [1.54, 1.807) is 18.6 Å². The maximum Gasteiger partial charge on any atom is 0.226 e. The summed E-state index contributed by atoms with van der Waals surface area (Å²) in [5.41, 5.74) is 2.65. The standard InChI is InChI=1S/C15H18N4O/c1-11(2)15(20)19-13-5-3-12(4-6-13)18-10-14-9-16-7-8-17-14/h3-9,11,18H,10H2,1-2H3,(H,19,20). The number of amides is 1. The third kappa shape index (κ3) is 4.05. The van der Waals surface area contributed by atoms with Gasteiger partial charge < -0.3 is 10.6 Å². The van der Waals surface area contributed by atoms with Gasteiger partial charge in [-0.15, -0.1) is 0 Å². The zero-order chi connectivity index (χ0) is 14.4. The van der Waals surface area contributed by atoms with Crippen LogP contribution in [0.2, 0.25) is 0 Å². The molecule has 0 unspecified atom stereocenters. The predicted octanol–water partition coefficient (Wildman–Crippen LogP) is 2.68. The van der Waals surface area contributed by atoms with Gasteiger partial charge in [0.05, 0.1) is 18.4 Å². The number of nitrogens with zero attached hydrogens (tertiary/aromatic N) is 2. The molecule has 0 radical (unpaired) electrons. The lowest BCUT2D eigenvalue weighted by molar-refractivity contribution is -0.118. The molecular formula is C15H18N4O. The van der Waals surface area contributed by atoms with Gasteiger partial charge in [0.15, 0.2) is 0 Å². The molecule has 0 aliphatic heterocycles. The van der Waals surface area contributed by atoms with Crippen molar-refractivity contribution < 1.29 is 4.79 Å². The molecule has 0 bridgehead atoms. The number of rotatable bonds is 5. The summed E-state index contributed by atoms with van der Waals surface area (Å²) in [7, 11) is 0. The van der Waals surface area contributed by atoms with Crippen LogP contribution in [0.1, 0.15) is 19.5 Å². The molecule has 5 heteroatoms. The van der Waals surface area contributed by atoms with E-state index >= 15 is 0 Å². The zero-order valence-electron chi connectivity index (χ0n) is 11.6. The summed E-state index contributed by atoms with van der Waals surface area (Å²) in [6, 6.07) is 7.59. The van der Waals surface area contributed by atoms with Crippen LogP contribution in [0.25, 0.3) is 0 Å². The van der Waals surface area contributed by atoms with E-state index in [2.05, 4.69) is 20.6 Å². The van der Waals surface area contributed by atoms with E-state index in [4.69, 9.17) is 0 Å². The average molecular weight is 270 g/mol. The van der Waals surface area contributed by atoms with Gasteiger partial charge in [0.25, 0.3) is 0 Å². The van der Waals surface area contributed by atoms with Crippen LogP contribution in [-0.2, 0) is 11.3 Å². The fourth-order valence-electron chi connectivity index (χ4n) is 1.57. The molecule has 1 amide bonds. The molecule has 2 N–H and O–H groups in total.